The van der Waals surface area contributed by atoms with Gasteiger partial charge in [0.05, 0.1) is 11.6 Å². The van der Waals surface area contributed by atoms with Crippen LogP contribution in [0.25, 0.3) is 5.76 Å². The van der Waals surface area contributed by atoms with E-state index < -0.39 is 17.7 Å². The number of anilines is 1. The summed E-state index contributed by atoms with van der Waals surface area (Å²) in [4.78, 5) is 27.3. The van der Waals surface area contributed by atoms with Gasteiger partial charge >= 0.3 is 5.91 Å². The van der Waals surface area contributed by atoms with Crippen LogP contribution in [-0.4, -0.2) is 33.6 Å². The number of amides is 1. The van der Waals surface area contributed by atoms with Crippen molar-refractivity contribution in [1.82, 2.24) is 10.2 Å². The van der Waals surface area contributed by atoms with Gasteiger partial charge in [-0.05, 0) is 24.6 Å². The van der Waals surface area contributed by atoms with Crippen LogP contribution in [0.2, 0.25) is 0 Å². The first-order chi connectivity index (χ1) is 15.0. The minimum Gasteiger partial charge on any atom is -0.507 e. The van der Waals surface area contributed by atoms with Crippen molar-refractivity contribution in [3.05, 3.63) is 89.0 Å². The zero-order chi connectivity index (χ0) is 22.0. The van der Waals surface area contributed by atoms with Gasteiger partial charge in [0.25, 0.3) is 5.78 Å². The lowest BCUT2D eigenvalue weighted by atomic mass is 9.95. The van der Waals surface area contributed by atoms with E-state index >= 15 is 0 Å². The second-order valence-electron chi connectivity index (χ2n) is 6.81. The Morgan fingerprint density at radius 3 is 2.48 bits per heavy atom. The monoisotopic (exact) mass is 433 g/mol. The molecule has 1 fully saturated rings. The van der Waals surface area contributed by atoms with E-state index in [-0.39, 0.29) is 11.3 Å². The number of ketones is 1. The zero-order valence-corrected chi connectivity index (χ0v) is 17.5. The van der Waals surface area contributed by atoms with E-state index in [1.165, 1.54) is 16.2 Å². The smallest absolute Gasteiger partial charge is 0.301 e. The van der Waals surface area contributed by atoms with Crippen LogP contribution in [0.5, 0.6) is 5.75 Å². The zero-order valence-electron chi connectivity index (χ0n) is 16.7. The molecule has 0 saturated carbocycles. The first-order valence-corrected chi connectivity index (χ1v) is 10.3. The van der Waals surface area contributed by atoms with Crippen LogP contribution in [0.3, 0.4) is 0 Å². The summed E-state index contributed by atoms with van der Waals surface area (Å²) < 4.78 is 5.53. The number of aliphatic hydroxyl groups is 1. The van der Waals surface area contributed by atoms with Crippen LogP contribution in [0.4, 0.5) is 5.13 Å². The molecule has 0 radical (unpaired) electrons. The maximum absolute atomic E-state index is 13.0. The van der Waals surface area contributed by atoms with E-state index in [0.717, 1.165) is 0 Å². The Bertz CT molecular complexity index is 1170. The predicted octanol–water partition coefficient (Wildman–Crippen LogP) is 4.04. The van der Waals surface area contributed by atoms with Crippen LogP contribution in [0.15, 0.2) is 72.8 Å². The molecule has 1 N–H and O–H groups in total. The summed E-state index contributed by atoms with van der Waals surface area (Å²) >= 11 is 1.20. The number of aryl methyl sites for hydroxylation is 1. The molecule has 0 aliphatic carbocycles. The number of carbonyl (C=O) groups excluding carboxylic acids is 2. The van der Waals surface area contributed by atoms with Crippen LogP contribution in [0.1, 0.15) is 22.2 Å². The van der Waals surface area contributed by atoms with Gasteiger partial charge in [0.1, 0.15) is 23.1 Å². The largest absolute Gasteiger partial charge is 0.507 e. The molecular weight excluding hydrogens is 414 g/mol. The van der Waals surface area contributed by atoms with E-state index in [1.807, 2.05) is 0 Å². The number of carbonyl (C=O) groups is 2. The van der Waals surface area contributed by atoms with Crippen molar-refractivity contribution in [3.63, 3.8) is 0 Å². The number of ether oxygens (including phenoxy) is 1. The van der Waals surface area contributed by atoms with Gasteiger partial charge in [-0.2, -0.15) is 0 Å². The Morgan fingerprint density at radius 2 is 1.87 bits per heavy atom. The van der Waals surface area contributed by atoms with Gasteiger partial charge in [-0.1, -0.05) is 66.5 Å². The Morgan fingerprint density at radius 1 is 1.16 bits per heavy atom. The van der Waals surface area contributed by atoms with Crippen molar-refractivity contribution in [2.75, 3.05) is 11.5 Å². The van der Waals surface area contributed by atoms with Crippen LogP contribution < -0.4 is 9.64 Å². The van der Waals surface area contributed by atoms with Crippen LogP contribution in [0, 0.1) is 6.92 Å². The van der Waals surface area contributed by atoms with Gasteiger partial charge < -0.3 is 9.84 Å². The van der Waals surface area contributed by atoms with Gasteiger partial charge in [0.15, 0.2) is 0 Å². The highest BCUT2D eigenvalue weighted by molar-refractivity contribution is 7.15. The quantitative estimate of drug-likeness (QED) is 0.273. The number of hydrogen-bond acceptors (Lipinski definition) is 7. The standard InChI is InChI=1S/C23H19N3O4S/c1-3-13-30-17-11-9-15(10-12-17)19-18(20(27)16-7-5-4-6-8-16)21(28)22(29)26(19)23-25-24-14(2)31-23/h3-12,19,27H,1,13H2,2H3/t19-/m1/s1. The van der Waals surface area contributed by atoms with Crippen LogP contribution in [-0.2, 0) is 9.59 Å². The lowest BCUT2D eigenvalue weighted by Gasteiger charge is -2.22. The van der Waals surface area contributed by atoms with Crippen molar-refractivity contribution in [3.8, 4) is 5.75 Å². The molecule has 31 heavy (non-hydrogen) atoms. The molecule has 2 aromatic carbocycles. The fraction of sp³-hybridized carbons (Fsp3) is 0.130. The highest BCUT2D eigenvalue weighted by atomic mass is 32.1. The van der Waals surface area contributed by atoms with E-state index in [4.69, 9.17) is 4.74 Å². The van der Waals surface area contributed by atoms with E-state index in [0.29, 0.717) is 33.6 Å². The number of benzene rings is 2. The molecule has 1 aliphatic heterocycles. The number of aliphatic hydroxyl groups excluding tert-OH is 1. The fourth-order valence-corrected chi connectivity index (χ4v) is 4.10. The lowest BCUT2D eigenvalue weighted by Crippen LogP contribution is -2.29. The molecule has 2 heterocycles. The molecule has 0 spiro atoms. The second kappa shape index (κ2) is 8.53. The lowest BCUT2D eigenvalue weighted by molar-refractivity contribution is -0.132. The molecule has 0 unspecified atom stereocenters. The van der Waals surface area contributed by atoms with E-state index in [1.54, 1.807) is 67.6 Å². The van der Waals surface area contributed by atoms with Crippen molar-refractivity contribution in [2.45, 2.75) is 13.0 Å². The predicted molar refractivity (Wildman–Crippen MR) is 118 cm³/mol. The summed E-state index contributed by atoms with van der Waals surface area (Å²) in [5, 5.41) is 20.0. The Kier molecular flexibility index (Phi) is 5.64. The molecule has 156 valence electrons. The molecular formula is C23H19N3O4S. The van der Waals surface area contributed by atoms with Crippen molar-refractivity contribution < 1.29 is 19.4 Å². The molecule has 1 saturated heterocycles. The summed E-state index contributed by atoms with van der Waals surface area (Å²) in [7, 11) is 0. The number of Topliss-reactive ketones (excluding diaryl/α,β-unsaturated/α-hetero) is 1. The number of rotatable bonds is 6. The third-order valence-electron chi connectivity index (χ3n) is 4.78. The molecule has 1 atom stereocenters. The minimum atomic E-state index is -0.846. The molecule has 4 rings (SSSR count). The number of hydrogen-bond donors (Lipinski definition) is 1. The molecule has 8 heteroatoms. The first kappa shape index (κ1) is 20.5. The van der Waals surface area contributed by atoms with E-state index in [2.05, 4.69) is 16.8 Å². The van der Waals surface area contributed by atoms with Gasteiger partial charge in [-0.15, -0.1) is 10.2 Å². The summed E-state index contributed by atoms with van der Waals surface area (Å²) in [5.41, 5.74) is 1.09. The van der Waals surface area contributed by atoms with Crippen LogP contribution >= 0.6 is 11.3 Å². The van der Waals surface area contributed by atoms with E-state index in [9.17, 15) is 14.7 Å². The SMILES string of the molecule is C=CCOc1ccc([C@@H]2C(=C(O)c3ccccc3)C(=O)C(=O)N2c2nnc(C)s2)cc1. The average molecular weight is 433 g/mol. The van der Waals surface area contributed by atoms with Gasteiger partial charge in [0.2, 0.25) is 5.13 Å². The Labute approximate surface area is 182 Å². The number of aromatic nitrogens is 2. The molecule has 1 amide bonds. The minimum absolute atomic E-state index is 0.00353. The van der Waals surface area contributed by atoms with Gasteiger partial charge in [0, 0.05) is 5.56 Å². The average Bonchev–Trinajstić information content (AvgIpc) is 3.33. The van der Waals surface area contributed by atoms with Crippen molar-refractivity contribution >= 4 is 33.9 Å². The summed E-state index contributed by atoms with van der Waals surface area (Å²) in [6.07, 6.45) is 1.64. The third kappa shape index (κ3) is 3.85. The molecule has 7 nitrogen and oxygen atoms in total. The van der Waals surface area contributed by atoms with Gasteiger partial charge in [-0.3, -0.25) is 14.5 Å². The highest BCUT2D eigenvalue weighted by Gasteiger charge is 2.48. The van der Waals surface area contributed by atoms with Crippen molar-refractivity contribution in [2.24, 2.45) is 0 Å². The second-order valence-corrected chi connectivity index (χ2v) is 7.97. The maximum Gasteiger partial charge on any atom is 0.301 e. The summed E-state index contributed by atoms with van der Waals surface area (Å²) in [6.45, 7) is 5.75. The Balaban J connectivity index is 1.86. The normalized spacial score (nSPS) is 17.7. The molecule has 1 aliphatic rings. The van der Waals surface area contributed by atoms with Gasteiger partial charge in [-0.25, -0.2) is 0 Å². The van der Waals surface area contributed by atoms with Crippen molar-refractivity contribution in [1.29, 1.82) is 0 Å². The topological polar surface area (TPSA) is 92.6 Å². The highest BCUT2D eigenvalue weighted by Crippen LogP contribution is 2.43. The molecule has 0 bridgehead atoms. The summed E-state index contributed by atoms with van der Waals surface area (Å²) in [6, 6.07) is 14.8. The summed E-state index contributed by atoms with van der Waals surface area (Å²) in [5.74, 6) is -1.15. The first-order valence-electron chi connectivity index (χ1n) is 9.51. The maximum atomic E-state index is 13.0. The number of nitrogens with zero attached hydrogens (tertiary/aromatic N) is 3. The Hall–Kier alpha value is -3.78. The molecule has 3 aromatic rings. The molecule has 1 aromatic heterocycles. The third-order valence-corrected chi connectivity index (χ3v) is 5.61. The fourth-order valence-electron chi connectivity index (χ4n) is 3.38.